The third kappa shape index (κ3) is 5.83. The lowest BCUT2D eigenvalue weighted by atomic mass is 9.96. The van der Waals surface area contributed by atoms with E-state index in [0.29, 0.717) is 30.6 Å². The van der Waals surface area contributed by atoms with Crippen molar-refractivity contribution in [2.45, 2.75) is 38.1 Å². The minimum atomic E-state index is 0.540. The Balaban J connectivity index is 1.45. The van der Waals surface area contributed by atoms with E-state index < -0.39 is 0 Å². The van der Waals surface area contributed by atoms with E-state index in [1.54, 1.807) is 30.9 Å². The van der Waals surface area contributed by atoms with Crippen LogP contribution in [0.25, 0.3) is 15.8 Å². The first-order valence-electron chi connectivity index (χ1n) is 11.0. The number of aliphatic imine (C=N–C) groups is 1. The Morgan fingerprint density at radius 1 is 1.22 bits per heavy atom. The van der Waals surface area contributed by atoms with Gasteiger partial charge < -0.3 is 20.5 Å². The molecule has 2 aromatic heterocycles. The molecule has 1 fully saturated rings. The number of methoxy groups -OCH3 is 1. The van der Waals surface area contributed by atoms with E-state index in [9.17, 15) is 0 Å². The number of fused-ring (bicyclic) bond motifs is 1. The molecule has 0 spiro atoms. The highest BCUT2D eigenvalue weighted by Crippen LogP contribution is 2.33. The van der Waals surface area contributed by atoms with Crippen molar-refractivity contribution in [2.75, 3.05) is 25.6 Å². The van der Waals surface area contributed by atoms with Gasteiger partial charge in [-0.05, 0) is 31.0 Å². The van der Waals surface area contributed by atoms with Crippen LogP contribution in [0.2, 0.25) is 0 Å². The van der Waals surface area contributed by atoms with Crippen LogP contribution in [0.3, 0.4) is 0 Å². The summed E-state index contributed by atoms with van der Waals surface area (Å²) < 4.78 is 12.2. The lowest BCUT2D eigenvalue weighted by molar-refractivity contribution is 0.208. The largest absolute Gasteiger partial charge is 0.457 e. The van der Waals surface area contributed by atoms with E-state index in [-0.39, 0.29) is 0 Å². The van der Waals surface area contributed by atoms with Crippen molar-refractivity contribution < 1.29 is 9.47 Å². The number of allylic oxidation sites excluding steroid dienone is 1. The zero-order valence-corrected chi connectivity index (χ0v) is 19.1. The first kappa shape index (κ1) is 22.2. The number of ether oxygens (including phenoxy) is 2. The van der Waals surface area contributed by atoms with Gasteiger partial charge in [-0.1, -0.05) is 30.6 Å². The van der Waals surface area contributed by atoms with Crippen molar-refractivity contribution in [3.63, 3.8) is 0 Å². The zero-order valence-electron chi connectivity index (χ0n) is 18.3. The first-order chi connectivity index (χ1) is 15.7. The predicted molar refractivity (Wildman–Crippen MR) is 132 cm³/mol. The Kier molecular flexibility index (Phi) is 7.68. The van der Waals surface area contributed by atoms with Gasteiger partial charge in [0.25, 0.3) is 0 Å². The third-order valence-corrected chi connectivity index (χ3v) is 6.34. The number of nitrogens with two attached hydrogens (primary N) is 1. The molecule has 7 nitrogen and oxygen atoms in total. The predicted octanol–water partition coefficient (Wildman–Crippen LogP) is 5.25. The monoisotopic (exact) mass is 451 g/mol. The molecule has 0 atom stereocenters. The zero-order chi connectivity index (χ0) is 22.2. The van der Waals surface area contributed by atoms with Crippen LogP contribution in [0.5, 0.6) is 11.5 Å². The molecule has 8 heteroatoms. The van der Waals surface area contributed by atoms with E-state index in [1.807, 2.05) is 30.3 Å². The molecule has 168 valence electrons. The van der Waals surface area contributed by atoms with Gasteiger partial charge in [-0.15, -0.1) is 0 Å². The van der Waals surface area contributed by atoms with Crippen molar-refractivity contribution in [3.8, 4) is 11.5 Å². The molecular weight excluding hydrogens is 422 g/mol. The normalized spacial score (nSPS) is 15.5. The molecule has 1 aromatic carbocycles. The second-order valence-electron chi connectivity index (χ2n) is 7.76. The van der Waals surface area contributed by atoms with Gasteiger partial charge in [0.1, 0.15) is 11.5 Å². The topological polar surface area (TPSA) is 94.7 Å². The van der Waals surface area contributed by atoms with E-state index in [0.717, 1.165) is 26.7 Å². The van der Waals surface area contributed by atoms with E-state index >= 15 is 0 Å². The van der Waals surface area contributed by atoms with Gasteiger partial charge in [0.05, 0.1) is 29.1 Å². The minimum Gasteiger partial charge on any atom is -0.457 e. The standard InChI is InChI=1S/C24H29N5O2S/c1-30-12-11-26-16-17(15-25)22-13-20(9-10-27-22)31-19-7-8-21-23(14-19)32-24(29-21)28-18-5-3-2-4-6-18/h7-10,13-16,18H,2-6,11-12,25H2,1H3,(H,28,29). The van der Waals surface area contributed by atoms with Crippen molar-refractivity contribution >= 4 is 38.5 Å². The number of nitrogens with zero attached hydrogens (tertiary/aromatic N) is 3. The second kappa shape index (κ2) is 11.1. The van der Waals surface area contributed by atoms with Crippen LogP contribution in [0, 0.1) is 0 Å². The van der Waals surface area contributed by atoms with Gasteiger partial charge >= 0.3 is 0 Å². The molecule has 3 aromatic rings. The molecule has 3 N–H and O–H groups in total. The Morgan fingerprint density at radius 2 is 2.06 bits per heavy atom. The SMILES string of the molecule is COCCN=CC(=CN)c1cc(Oc2ccc3nc(NC4CCCCC4)sc3c2)ccn1. The highest BCUT2D eigenvalue weighted by molar-refractivity contribution is 7.22. The van der Waals surface area contributed by atoms with Crippen LogP contribution in [0.1, 0.15) is 37.8 Å². The smallest absolute Gasteiger partial charge is 0.184 e. The average molecular weight is 452 g/mol. The Morgan fingerprint density at radius 3 is 2.88 bits per heavy atom. The number of rotatable bonds is 9. The number of pyridine rings is 1. The van der Waals surface area contributed by atoms with Crippen molar-refractivity contribution in [1.82, 2.24) is 9.97 Å². The molecule has 2 heterocycles. The highest BCUT2D eigenvalue weighted by Gasteiger charge is 2.15. The fourth-order valence-corrected chi connectivity index (χ4v) is 4.69. The minimum absolute atomic E-state index is 0.540. The maximum Gasteiger partial charge on any atom is 0.184 e. The fourth-order valence-electron chi connectivity index (χ4n) is 3.72. The van der Waals surface area contributed by atoms with Crippen LogP contribution in [0.4, 0.5) is 5.13 Å². The maximum atomic E-state index is 6.11. The average Bonchev–Trinajstić information content (AvgIpc) is 3.21. The summed E-state index contributed by atoms with van der Waals surface area (Å²) in [5.74, 6) is 1.44. The quantitative estimate of drug-likeness (QED) is 0.341. The number of hydrogen-bond acceptors (Lipinski definition) is 8. The number of anilines is 1. The number of aromatic nitrogens is 2. The van der Waals surface area contributed by atoms with Crippen LogP contribution < -0.4 is 15.8 Å². The maximum absolute atomic E-state index is 6.11. The first-order valence-corrected chi connectivity index (χ1v) is 11.8. The molecule has 32 heavy (non-hydrogen) atoms. The fraction of sp³-hybridized carbons (Fsp3) is 0.375. The summed E-state index contributed by atoms with van der Waals surface area (Å²) in [6, 6.07) is 10.2. The molecule has 0 radical (unpaired) electrons. The summed E-state index contributed by atoms with van der Waals surface area (Å²) in [6.07, 6.45) is 11.3. The van der Waals surface area contributed by atoms with Gasteiger partial charge in [0.15, 0.2) is 5.13 Å². The Labute approximate surface area is 192 Å². The summed E-state index contributed by atoms with van der Waals surface area (Å²) >= 11 is 1.67. The Bertz CT molecular complexity index is 1090. The van der Waals surface area contributed by atoms with Gasteiger partial charge in [-0.2, -0.15) is 0 Å². The van der Waals surface area contributed by atoms with Crippen molar-refractivity contribution in [3.05, 3.63) is 48.4 Å². The summed E-state index contributed by atoms with van der Waals surface area (Å²) in [7, 11) is 1.65. The molecule has 1 aliphatic carbocycles. The molecule has 4 rings (SSSR count). The summed E-state index contributed by atoms with van der Waals surface area (Å²) in [5.41, 5.74) is 8.18. The highest BCUT2D eigenvalue weighted by atomic mass is 32.1. The third-order valence-electron chi connectivity index (χ3n) is 5.39. The number of nitrogens with one attached hydrogen (secondary N) is 1. The van der Waals surface area contributed by atoms with Crippen LogP contribution in [-0.4, -0.2) is 42.5 Å². The van der Waals surface area contributed by atoms with Gasteiger partial charge in [-0.3, -0.25) is 9.98 Å². The molecule has 0 aliphatic heterocycles. The van der Waals surface area contributed by atoms with E-state index in [4.69, 9.17) is 20.2 Å². The van der Waals surface area contributed by atoms with Crippen molar-refractivity contribution in [1.29, 1.82) is 0 Å². The molecular formula is C24H29N5O2S. The van der Waals surface area contributed by atoms with Gasteiger partial charge in [0, 0.05) is 49.5 Å². The van der Waals surface area contributed by atoms with Gasteiger partial charge in [0.2, 0.25) is 0 Å². The summed E-state index contributed by atoms with van der Waals surface area (Å²) in [6.45, 7) is 1.12. The molecule has 0 saturated heterocycles. The number of hydrogen-bond donors (Lipinski definition) is 2. The molecule has 1 saturated carbocycles. The second-order valence-corrected chi connectivity index (χ2v) is 8.79. The molecule has 1 aliphatic rings. The van der Waals surface area contributed by atoms with Crippen LogP contribution in [0.15, 0.2) is 47.7 Å². The summed E-state index contributed by atoms with van der Waals surface area (Å²) in [4.78, 5) is 13.4. The number of thiazole rings is 1. The molecule has 0 amide bonds. The lowest BCUT2D eigenvalue weighted by Crippen LogP contribution is -2.21. The van der Waals surface area contributed by atoms with Crippen LogP contribution >= 0.6 is 11.3 Å². The summed E-state index contributed by atoms with van der Waals surface area (Å²) in [5, 5.41) is 4.60. The van der Waals surface area contributed by atoms with Gasteiger partial charge in [-0.25, -0.2) is 4.98 Å². The lowest BCUT2D eigenvalue weighted by Gasteiger charge is -2.22. The molecule has 0 unspecified atom stereocenters. The van der Waals surface area contributed by atoms with E-state index in [1.165, 1.54) is 38.3 Å². The molecule has 0 bridgehead atoms. The van der Waals surface area contributed by atoms with Crippen molar-refractivity contribution in [2.24, 2.45) is 10.7 Å². The van der Waals surface area contributed by atoms with Crippen LogP contribution in [-0.2, 0) is 4.74 Å². The number of benzene rings is 1. The van der Waals surface area contributed by atoms with E-state index in [2.05, 4.69) is 15.3 Å². The Hall–Kier alpha value is -2.97.